The minimum atomic E-state index is -0.337. The van der Waals surface area contributed by atoms with Gasteiger partial charge in [-0.3, -0.25) is 14.4 Å². The average molecular weight is 492 g/mol. The number of ether oxygens (including phenoxy) is 2. The summed E-state index contributed by atoms with van der Waals surface area (Å²) >= 11 is 0. The van der Waals surface area contributed by atoms with Crippen molar-refractivity contribution in [1.82, 2.24) is 4.90 Å². The Morgan fingerprint density at radius 2 is 1.83 bits per heavy atom. The van der Waals surface area contributed by atoms with Crippen LogP contribution in [0.1, 0.15) is 54.4 Å². The fourth-order valence-electron chi connectivity index (χ4n) is 5.16. The van der Waals surface area contributed by atoms with Gasteiger partial charge in [-0.25, -0.2) is 0 Å². The van der Waals surface area contributed by atoms with Gasteiger partial charge in [0.25, 0.3) is 5.91 Å². The summed E-state index contributed by atoms with van der Waals surface area (Å²) in [6, 6.07) is 12.7. The van der Waals surface area contributed by atoms with Crippen LogP contribution in [0.2, 0.25) is 0 Å². The van der Waals surface area contributed by atoms with Gasteiger partial charge >= 0.3 is 0 Å². The lowest BCUT2D eigenvalue weighted by Crippen LogP contribution is -2.53. The molecule has 8 nitrogen and oxygen atoms in total. The van der Waals surface area contributed by atoms with Gasteiger partial charge in [-0.05, 0) is 68.5 Å². The van der Waals surface area contributed by atoms with Crippen molar-refractivity contribution in [3.05, 3.63) is 53.6 Å². The Hall–Kier alpha value is -3.39. The van der Waals surface area contributed by atoms with Crippen LogP contribution in [0, 0.1) is 12.8 Å². The number of nitrogens with one attached hydrogen (secondary N) is 2. The van der Waals surface area contributed by atoms with E-state index in [0.29, 0.717) is 29.8 Å². The molecule has 0 unspecified atom stereocenters. The summed E-state index contributed by atoms with van der Waals surface area (Å²) in [4.78, 5) is 40.1. The van der Waals surface area contributed by atoms with Crippen molar-refractivity contribution < 1.29 is 23.9 Å². The second-order valence-corrected chi connectivity index (χ2v) is 10.1. The van der Waals surface area contributed by atoms with Gasteiger partial charge < -0.3 is 25.0 Å². The molecule has 3 atom stereocenters. The first-order valence-corrected chi connectivity index (χ1v) is 12.7. The zero-order valence-electron chi connectivity index (χ0n) is 20.8. The van der Waals surface area contributed by atoms with Crippen LogP contribution in [0.25, 0.3) is 0 Å². The summed E-state index contributed by atoms with van der Waals surface area (Å²) in [5, 5.41) is 5.88. The molecule has 2 N–H and O–H groups in total. The van der Waals surface area contributed by atoms with Crippen LogP contribution in [0.15, 0.2) is 42.5 Å². The Bertz CT molecular complexity index is 1160. The first-order chi connectivity index (χ1) is 17.4. The molecule has 2 heterocycles. The maximum absolute atomic E-state index is 13.4. The molecule has 36 heavy (non-hydrogen) atoms. The van der Waals surface area contributed by atoms with Crippen LogP contribution in [0.5, 0.6) is 5.75 Å². The third-order valence-electron chi connectivity index (χ3n) is 7.47. The number of nitrogens with zero attached hydrogens (tertiary/aromatic N) is 1. The fourth-order valence-corrected chi connectivity index (χ4v) is 5.16. The molecule has 0 spiro atoms. The largest absolute Gasteiger partial charge is 0.490 e. The predicted octanol–water partition coefficient (Wildman–Crippen LogP) is 4.14. The van der Waals surface area contributed by atoms with Crippen LogP contribution in [-0.2, 0) is 14.3 Å². The highest BCUT2D eigenvalue weighted by Crippen LogP contribution is 2.33. The Balaban J connectivity index is 1.24. The number of aryl methyl sites for hydroxylation is 1. The number of carbonyl (C=O) groups is 3. The quantitative estimate of drug-likeness (QED) is 0.655. The highest BCUT2D eigenvalue weighted by Gasteiger charge is 2.39. The van der Waals surface area contributed by atoms with E-state index < -0.39 is 0 Å². The number of carbonyl (C=O) groups excluding carboxylic acids is 3. The van der Waals surface area contributed by atoms with Crippen molar-refractivity contribution in [3.63, 3.8) is 0 Å². The molecule has 2 aromatic rings. The standard InChI is InChI=1S/C28H33N3O5/c1-17-5-3-8-19(13-17)29-26(32)15-21-10-11-23-25(36-21)16-35-24-12-9-20(14-22(24)28(34)31(23)2)30-27(33)18-6-4-7-18/h3,5,8-9,12-14,18,21,23,25H,4,6-7,10-11,15-16H2,1-2H3,(H,29,32)(H,30,33)/t21-,23+,25-/m1/s1. The molecule has 1 aliphatic carbocycles. The number of fused-ring (bicyclic) bond motifs is 2. The second kappa shape index (κ2) is 10.3. The molecule has 2 fully saturated rings. The van der Waals surface area contributed by atoms with Crippen molar-refractivity contribution in [2.45, 2.75) is 63.7 Å². The lowest BCUT2D eigenvalue weighted by Gasteiger charge is -2.42. The van der Waals surface area contributed by atoms with Gasteiger partial charge in [-0.2, -0.15) is 0 Å². The number of likely N-dealkylation sites (N-methyl/N-ethyl adjacent to an activating group) is 1. The van der Waals surface area contributed by atoms with Crippen molar-refractivity contribution in [2.75, 3.05) is 24.3 Å². The number of amides is 3. The molecule has 3 amide bonds. The zero-order valence-corrected chi connectivity index (χ0v) is 20.8. The first kappa shape index (κ1) is 24.3. The van der Waals surface area contributed by atoms with E-state index in [1.165, 1.54) is 0 Å². The third-order valence-corrected chi connectivity index (χ3v) is 7.47. The molecule has 0 bridgehead atoms. The number of anilines is 2. The van der Waals surface area contributed by atoms with Gasteiger partial charge in [0.15, 0.2) is 0 Å². The molecule has 5 rings (SSSR count). The van der Waals surface area contributed by atoms with Gasteiger partial charge in [0, 0.05) is 24.3 Å². The molecule has 2 aliphatic heterocycles. The minimum absolute atomic E-state index is 0.00647. The summed E-state index contributed by atoms with van der Waals surface area (Å²) in [6.07, 6.45) is 3.97. The molecular weight excluding hydrogens is 458 g/mol. The van der Waals surface area contributed by atoms with E-state index >= 15 is 0 Å². The first-order valence-electron chi connectivity index (χ1n) is 12.7. The maximum Gasteiger partial charge on any atom is 0.257 e. The molecule has 0 radical (unpaired) electrons. The SMILES string of the molecule is Cc1cccc(NC(=O)C[C@H]2CC[C@H]3[C@@H](COc4ccc(NC(=O)C5CCC5)cc4C(=O)N3C)O2)c1. The van der Waals surface area contributed by atoms with E-state index in [-0.39, 0.29) is 54.9 Å². The number of benzene rings is 2. The molecule has 2 aromatic carbocycles. The lowest BCUT2D eigenvalue weighted by atomic mass is 9.85. The third kappa shape index (κ3) is 5.23. The van der Waals surface area contributed by atoms with Gasteiger partial charge in [0.1, 0.15) is 18.5 Å². The number of rotatable bonds is 5. The summed E-state index contributed by atoms with van der Waals surface area (Å²) in [5.41, 5.74) is 2.89. The van der Waals surface area contributed by atoms with E-state index in [1.54, 1.807) is 30.1 Å². The second-order valence-electron chi connectivity index (χ2n) is 10.1. The van der Waals surface area contributed by atoms with Crippen LogP contribution in [0.3, 0.4) is 0 Å². The Morgan fingerprint density at radius 1 is 1.03 bits per heavy atom. The zero-order chi connectivity index (χ0) is 25.2. The Kier molecular flexibility index (Phi) is 6.96. The van der Waals surface area contributed by atoms with Gasteiger partial charge in [-0.1, -0.05) is 18.6 Å². The smallest absolute Gasteiger partial charge is 0.257 e. The molecule has 190 valence electrons. The van der Waals surface area contributed by atoms with E-state index in [4.69, 9.17) is 9.47 Å². The number of hydrogen-bond donors (Lipinski definition) is 2. The van der Waals surface area contributed by atoms with Crippen LogP contribution in [-0.4, -0.2) is 54.5 Å². The van der Waals surface area contributed by atoms with Crippen LogP contribution >= 0.6 is 0 Å². The molecular formula is C28H33N3O5. The number of hydrogen-bond acceptors (Lipinski definition) is 5. The summed E-state index contributed by atoms with van der Waals surface area (Å²) < 4.78 is 12.3. The van der Waals surface area contributed by atoms with E-state index in [1.807, 2.05) is 31.2 Å². The van der Waals surface area contributed by atoms with Crippen molar-refractivity contribution in [3.8, 4) is 5.75 Å². The van der Waals surface area contributed by atoms with Crippen LogP contribution in [0.4, 0.5) is 11.4 Å². The highest BCUT2D eigenvalue weighted by atomic mass is 16.5. The van der Waals surface area contributed by atoms with E-state index in [9.17, 15) is 14.4 Å². The topological polar surface area (TPSA) is 97.0 Å². The molecule has 3 aliphatic rings. The maximum atomic E-state index is 13.4. The highest BCUT2D eigenvalue weighted by molar-refractivity contribution is 6.00. The average Bonchev–Trinajstić information content (AvgIpc) is 2.80. The summed E-state index contributed by atoms with van der Waals surface area (Å²) in [5.74, 6) is 0.274. The fraction of sp³-hybridized carbons (Fsp3) is 0.464. The lowest BCUT2D eigenvalue weighted by molar-refractivity contribution is -0.130. The van der Waals surface area contributed by atoms with Gasteiger partial charge in [0.05, 0.1) is 24.1 Å². The van der Waals surface area contributed by atoms with E-state index in [2.05, 4.69) is 10.6 Å². The van der Waals surface area contributed by atoms with Crippen molar-refractivity contribution >= 4 is 29.1 Å². The predicted molar refractivity (Wildman–Crippen MR) is 136 cm³/mol. The van der Waals surface area contributed by atoms with Crippen molar-refractivity contribution in [1.29, 1.82) is 0 Å². The van der Waals surface area contributed by atoms with Crippen molar-refractivity contribution in [2.24, 2.45) is 5.92 Å². The van der Waals surface area contributed by atoms with Crippen LogP contribution < -0.4 is 15.4 Å². The van der Waals surface area contributed by atoms with E-state index in [0.717, 1.165) is 30.5 Å². The summed E-state index contributed by atoms with van der Waals surface area (Å²) in [7, 11) is 1.78. The normalized spacial score (nSPS) is 23.8. The molecule has 0 aromatic heterocycles. The Morgan fingerprint density at radius 3 is 2.58 bits per heavy atom. The molecule has 1 saturated heterocycles. The monoisotopic (exact) mass is 491 g/mol. The minimum Gasteiger partial charge on any atom is -0.490 e. The molecule has 1 saturated carbocycles. The summed E-state index contributed by atoms with van der Waals surface area (Å²) in [6.45, 7) is 2.26. The van der Waals surface area contributed by atoms with Gasteiger partial charge in [-0.15, -0.1) is 0 Å². The van der Waals surface area contributed by atoms with Gasteiger partial charge in [0.2, 0.25) is 11.8 Å². The Labute approximate surface area is 211 Å². The molecule has 8 heteroatoms.